The van der Waals surface area contributed by atoms with E-state index in [4.69, 9.17) is 0 Å². The second kappa shape index (κ2) is 5.02. The predicted molar refractivity (Wildman–Crippen MR) is 64.8 cm³/mol. The molecular weight excluding hydrogens is 224 g/mol. The Hall–Kier alpha value is -0.130. The van der Waals surface area contributed by atoms with Gasteiger partial charge in [-0.2, -0.15) is 0 Å². The lowest BCUT2D eigenvalue weighted by molar-refractivity contribution is 0.411. The molecule has 2 rings (SSSR count). The average Bonchev–Trinajstić information content (AvgIpc) is 2.74. The van der Waals surface area contributed by atoms with E-state index >= 15 is 0 Å². The van der Waals surface area contributed by atoms with E-state index in [-0.39, 0.29) is 0 Å². The summed E-state index contributed by atoms with van der Waals surface area (Å²) < 4.78 is 24.7. The van der Waals surface area contributed by atoms with E-state index in [1.54, 1.807) is 4.31 Å². The molecule has 2 fully saturated rings. The number of nitrogens with zero attached hydrogens (tertiary/aromatic N) is 1. The van der Waals surface area contributed by atoms with Crippen LogP contribution in [-0.4, -0.2) is 44.2 Å². The highest BCUT2D eigenvalue weighted by molar-refractivity contribution is 7.89. The Labute approximate surface area is 98.4 Å². The fraction of sp³-hybridized carbons (Fsp3) is 1.00. The minimum Gasteiger partial charge on any atom is -0.313 e. The molecule has 1 N–H and O–H groups in total. The summed E-state index contributed by atoms with van der Waals surface area (Å²) in [6.45, 7) is 4.45. The van der Waals surface area contributed by atoms with Crippen LogP contribution in [0.1, 0.15) is 32.6 Å². The van der Waals surface area contributed by atoms with Gasteiger partial charge in [-0.3, -0.25) is 0 Å². The summed E-state index contributed by atoms with van der Waals surface area (Å²) in [6, 6.07) is 0.611. The lowest BCUT2D eigenvalue weighted by Gasteiger charge is -2.17. The van der Waals surface area contributed by atoms with E-state index in [9.17, 15) is 8.42 Å². The molecule has 1 heterocycles. The van der Waals surface area contributed by atoms with Crippen LogP contribution in [0.15, 0.2) is 0 Å². The Bertz CT molecular complexity index is 329. The summed E-state index contributed by atoms with van der Waals surface area (Å²) >= 11 is 0. The third kappa shape index (κ3) is 2.96. The Morgan fingerprint density at radius 2 is 2.19 bits per heavy atom. The maximum atomic E-state index is 11.5. The first-order valence-corrected chi connectivity index (χ1v) is 7.90. The summed E-state index contributed by atoms with van der Waals surface area (Å²) in [7, 11) is -2.90. The van der Waals surface area contributed by atoms with Gasteiger partial charge in [0.1, 0.15) is 0 Å². The van der Waals surface area contributed by atoms with Crippen molar-refractivity contribution in [3.05, 3.63) is 0 Å². The second-order valence-corrected chi connectivity index (χ2v) is 7.23. The monoisotopic (exact) mass is 246 g/mol. The van der Waals surface area contributed by atoms with Crippen LogP contribution in [0, 0.1) is 5.92 Å². The molecule has 94 valence electrons. The molecule has 2 atom stereocenters. The van der Waals surface area contributed by atoms with Gasteiger partial charge in [-0.05, 0) is 31.6 Å². The van der Waals surface area contributed by atoms with Crippen LogP contribution >= 0.6 is 0 Å². The van der Waals surface area contributed by atoms with Gasteiger partial charge in [0.25, 0.3) is 0 Å². The first kappa shape index (κ1) is 12.3. The molecule has 2 unspecified atom stereocenters. The van der Waals surface area contributed by atoms with Gasteiger partial charge in [0.15, 0.2) is 0 Å². The first-order valence-electron chi connectivity index (χ1n) is 6.29. The molecular formula is C11H22N2O2S. The van der Waals surface area contributed by atoms with E-state index in [2.05, 4.69) is 12.2 Å². The van der Waals surface area contributed by atoms with Crippen molar-refractivity contribution in [2.24, 2.45) is 5.92 Å². The average molecular weight is 246 g/mol. The smallest absolute Gasteiger partial charge is 0.214 e. The Morgan fingerprint density at radius 3 is 2.75 bits per heavy atom. The van der Waals surface area contributed by atoms with E-state index in [1.165, 1.54) is 19.3 Å². The van der Waals surface area contributed by atoms with Gasteiger partial charge in [-0.15, -0.1) is 0 Å². The fourth-order valence-electron chi connectivity index (χ4n) is 2.73. The fourth-order valence-corrected chi connectivity index (χ4v) is 4.26. The van der Waals surface area contributed by atoms with E-state index < -0.39 is 10.0 Å². The maximum absolute atomic E-state index is 11.5. The molecule has 0 spiro atoms. The van der Waals surface area contributed by atoms with Crippen molar-refractivity contribution < 1.29 is 8.42 Å². The molecule has 1 saturated heterocycles. The maximum Gasteiger partial charge on any atom is 0.214 e. The molecule has 1 aliphatic carbocycles. The van der Waals surface area contributed by atoms with Crippen molar-refractivity contribution in [2.75, 3.05) is 25.4 Å². The largest absolute Gasteiger partial charge is 0.313 e. The Balaban J connectivity index is 1.68. The van der Waals surface area contributed by atoms with Crippen molar-refractivity contribution in [2.45, 2.75) is 38.6 Å². The second-order valence-electron chi connectivity index (χ2n) is 5.14. The highest BCUT2D eigenvalue weighted by atomic mass is 32.2. The summed E-state index contributed by atoms with van der Waals surface area (Å²) in [5.41, 5.74) is 0. The molecule has 0 bridgehead atoms. The van der Waals surface area contributed by atoms with Gasteiger partial charge in [0.2, 0.25) is 10.0 Å². The van der Waals surface area contributed by atoms with Gasteiger partial charge < -0.3 is 5.32 Å². The summed E-state index contributed by atoms with van der Waals surface area (Å²) in [5.74, 6) is 1.17. The molecule has 0 amide bonds. The van der Waals surface area contributed by atoms with Crippen molar-refractivity contribution in [3.63, 3.8) is 0 Å². The molecule has 0 aromatic carbocycles. The van der Waals surface area contributed by atoms with Crippen LogP contribution in [0.3, 0.4) is 0 Å². The Kier molecular flexibility index (Phi) is 3.87. The highest BCUT2D eigenvalue weighted by Crippen LogP contribution is 2.24. The van der Waals surface area contributed by atoms with E-state index in [1.807, 2.05) is 0 Å². The quantitative estimate of drug-likeness (QED) is 0.798. The molecule has 0 aromatic rings. The highest BCUT2D eigenvalue weighted by Gasteiger charge is 2.28. The SMILES string of the molecule is CC1CCC(NCCN2CCCS2(=O)=O)C1. The molecule has 1 saturated carbocycles. The standard InChI is InChI=1S/C11H22N2O2S/c1-10-3-4-11(9-10)12-5-7-13-6-2-8-16(13,14)15/h10-12H,2-9H2,1H3. The van der Waals surface area contributed by atoms with E-state index in [0.29, 0.717) is 24.9 Å². The summed E-state index contributed by atoms with van der Waals surface area (Å²) in [5, 5.41) is 3.47. The molecule has 0 radical (unpaired) electrons. The molecule has 5 heteroatoms. The summed E-state index contributed by atoms with van der Waals surface area (Å²) in [4.78, 5) is 0. The first-order chi connectivity index (χ1) is 7.58. The molecule has 0 aromatic heterocycles. The predicted octanol–water partition coefficient (Wildman–Crippen LogP) is 0.800. The van der Waals surface area contributed by atoms with Gasteiger partial charge in [0.05, 0.1) is 5.75 Å². The van der Waals surface area contributed by atoms with Crippen LogP contribution < -0.4 is 5.32 Å². The van der Waals surface area contributed by atoms with Gasteiger partial charge in [0, 0.05) is 25.7 Å². The number of hydrogen-bond donors (Lipinski definition) is 1. The van der Waals surface area contributed by atoms with Crippen LogP contribution in [0.25, 0.3) is 0 Å². The lowest BCUT2D eigenvalue weighted by Crippen LogP contribution is -2.37. The Morgan fingerprint density at radius 1 is 1.38 bits per heavy atom. The van der Waals surface area contributed by atoms with Crippen LogP contribution in [0.4, 0.5) is 0 Å². The van der Waals surface area contributed by atoms with Crippen LogP contribution in [0.2, 0.25) is 0 Å². The number of nitrogens with one attached hydrogen (secondary N) is 1. The minimum absolute atomic E-state index is 0.341. The third-order valence-electron chi connectivity index (χ3n) is 3.69. The zero-order valence-electron chi connectivity index (χ0n) is 9.98. The van der Waals surface area contributed by atoms with Crippen molar-refractivity contribution in [1.29, 1.82) is 0 Å². The van der Waals surface area contributed by atoms with Gasteiger partial charge in [-0.25, -0.2) is 12.7 Å². The van der Waals surface area contributed by atoms with Crippen molar-refractivity contribution in [1.82, 2.24) is 9.62 Å². The molecule has 2 aliphatic rings. The molecule has 4 nitrogen and oxygen atoms in total. The van der Waals surface area contributed by atoms with Crippen molar-refractivity contribution >= 4 is 10.0 Å². The minimum atomic E-state index is -2.90. The molecule has 1 aliphatic heterocycles. The molecule has 16 heavy (non-hydrogen) atoms. The summed E-state index contributed by atoms with van der Waals surface area (Å²) in [6.07, 6.45) is 4.59. The lowest BCUT2D eigenvalue weighted by atomic mass is 10.1. The van der Waals surface area contributed by atoms with Gasteiger partial charge in [-0.1, -0.05) is 6.92 Å². The third-order valence-corrected chi connectivity index (χ3v) is 5.65. The normalized spacial score (nSPS) is 34.6. The van der Waals surface area contributed by atoms with E-state index in [0.717, 1.165) is 18.9 Å². The van der Waals surface area contributed by atoms with Crippen molar-refractivity contribution in [3.8, 4) is 0 Å². The topological polar surface area (TPSA) is 49.4 Å². The zero-order valence-corrected chi connectivity index (χ0v) is 10.8. The van der Waals surface area contributed by atoms with Crippen LogP contribution in [-0.2, 0) is 10.0 Å². The number of hydrogen-bond acceptors (Lipinski definition) is 3. The number of rotatable bonds is 4. The zero-order chi connectivity index (χ0) is 11.6. The van der Waals surface area contributed by atoms with Crippen LogP contribution in [0.5, 0.6) is 0 Å². The van der Waals surface area contributed by atoms with Gasteiger partial charge >= 0.3 is 0 Å². The number of sulfonamides is 1.